The van der Waals surface area contributed by atoms with Crippen LogP contribution >= 0.6 is 11.8 Å². The molecule has 122 valence electrons. The molecule has 0 amide bonds. The van der Waals surface area contributed by atoms with E-state index in [1.807, 2.05) is 0 Å². The van der Waals surface area contributed by atoms with Gasteiger partial charge in [0.2, 0.25) is 0 Å². The van der Waals surface area contributed by atoms with Crippen LogP contribution in [0.3, 0.4) is 0 Å². The number of aromatic nitrogens is 1. The van der Waals surface area contributed by atoms with Gasteiger partial charge in [-0.3, -0.25) is 10.1 Å². The SMILES string of the molecule is Cc1cccc(-n2c(C)cc([C@@H]3NC[C@@H](C(=O)O)S3)c2C)c1C. The van der Waals surface area contributed by atoms with Gasteiger partial charge in [0, 0.05) is 29.2 Å². The molecule has 2 N–H and O–H groups in total. The molecule has 1 aliphatic rings. The van der Waals surface area contributed by atoms with Crippen molar-refractivity contribution < 1.29 is 9.90 Å². The predicted molar refractivity (Wildman–Crippen MR) is 94.5 cm³/mol. The van der Waals surface area contributed by atoms with E-state index in [1.54, 1.807) is 0 Å². The first-order chi connectivity index (χ1) is 10.9. The highest BCUT2D eigenvalue weighted by molar-refractivity contribution is 8.01. The Labute approximate surface area is 140 Å². The van der Waals surface area contributed by atoms with Crippen LogP contribution in [0.4, 0.5) is 0 Å². The first-order valence-electron chi connectivity index (χ1n) is 7.77. The van der Waals surface area contributed by atoms with Crippen LogP contribution in [0.1, 0.15) is 33.5 Å². The summed E-state index contributed by atoms with van der Waals surface area (Å²) in [7, 11) is 0. The summed E-state index contributed by atoms with van der Waals surface area (Å²) >= 11 is 1.49. The molecule has 0 aliphatic carbocycles. The maximum Gasteiger partial charge on any atom is 0.318 e. The van der Waals surface area contributed by atoms with Crippen molar-refractivity contribution in [2.75, 3.05) is 6.54 Å². The molecule has 0 radical (unpaired) electrons. The van der Waals surface area contributed by atoms with Crippen molar-refractivity contribution in [1.29, 1.82) is 0 Å². The summed E-state index contributed by atoms with van der Waals surface area (Å²) < 4.78 is 2.27. The molecule has 1 aromatic heterocycles. The highest BCUT2D eigenvalue weighted by Gasteiger charge is 2.32. The van der Waals surface area contributed by atoms with Crippen LogP contribution in [0.25, 0.3) is 5.69 Å². The fourth-order valence-corrected chi connectivity index (χ4v) is 4.42. The Morgan fingerprint density at radius 1 is 1.30 bits per heavy atom. The minimum Gasteiger partial charge on any atom is -0.480 e. The number of carboxylic acids is 1. The molecule has 2 heterocycles. The number of nitrogens with zero attached hydrogens (tertiary/aromatic N) is 1. The molecule has 2 atom stereocenters. The van der Waals surface area contributed by atoms with Crippen molar-refractivity contribution >= 4 is 17.7 Å². The lowest BCUT2D eigenvalue weighted by molar-refractivity contribution is -0.136. The van der Waals surface area contributed by atoms with Gasteiger partial charge in [-0.15, -0.1) is 11.8 Å². The molecule has 0 bridgehead atoms. The van der Waals surface area contributed by atoms with Gasteiger partial charge in [0.25, 0.3) is 0 Å². The zero-order chi connectivity index (χ0) is 16.7. The smallest absolute Gasteiger partial charge is 0.318 e. The van der Waals surface area contributed by atoms with E-state index in [2.05, 4.69) is 61.8 Å². The summed E-state index contributed by atoms with van der Waals surface area (Å²) in [4.78, 5) is 11.2. The summed E-state index contributed by atoms with van der Waals surface area (Å²) in [6.45, 7) is 9.00. The molecular weight excluding hydrogens is 308 g/mol. The Hall–Kier alpha value is -1.72. The van der Waals surface area contributed by atoms with Gasteiger partial charge in [-0.1, -0.05) is 12.1 Å². The molecule has 0 unspecified atom stereocenters. The second kappa shape index (κ2) is 6.06. The van der Waals surface area contributed by atoms with Gasteiger partial charge in [0.1, 0.15) is 5.25 Å². The third-order valence-corrected chi connectivity index (χ3v) is 6.02. The Bertz CT molecular complexity index is 767. The van der Waals surface area contributed by atoms with Gasteiger partial charge in [0.15, 0.2) is 0 Å². The van der Waals surface area contributed by atoms with Crippen molar-refractivity contribution in [2.45, 2.75) is 38.3 Å². The minimum atomic E-state index is -0.742. The van der Waals surface area contributed by atoms with E-state index < -0.39 is 5.97 Å². The molecule has 1 saturated heterocycles. The van der Waals surface area contributed by atoms with E-state index in [0.717, 1.165) is 0 Å². The van der Waals surface area contributed by atoms with E-state index in [0.29, 0.717) is 6.54 Å². The highest BCUT2D eigenvalue weighted by atomic mass is 32.2. The van der Waals surface area contributed by atoms with Crippen LogP contribution in [0.2, 0.25) is 0 Å². The number of benzene rings is 1. The molecule has 3 rings (SSSR count). The topological polar surface area (TPSA) is 54.3 Å². The number of aliphatic carboxylic acids is 1. The normalized spacial score (nSPS) is 20.9. The minimum absolute atomic E-state index is 0.0427. The van der Waals surface area contributed by atoms with Gasteiger partial charge < -0.3 is 9.67 Å². The average molecular weight is 330 g/mol. The third kappa shape index (κ3) is 2.79. The highest BCUT2D eigenvalue weighted by Crippen LogP contribution is 2.38. The molecule has 1 aliphatic heterocycles. The number of carboxylic acid groups (broad SMARTS) is 1. The van der Waals surface area contributed by atoms with Crippen LogP contribution in [-0.2, 0) is 4.79 Å². The van der Waals surface area contributed by atoms with Crippen molar-refractivity contribution in [3.63, 3.8) is 0 Å². The van der Waals surface area contributed by atoms with Gasteiger partial charge in [-0.05, 0) is 51.0 Å². The molecule has 2 aromatic rings. The molecule has 4 nitrogen and oxygen atoms in total. The molecule has 1 aromatic carbocycles. The number of hydrogen-bond donors (Lipinski definition) is 2. The zero-order valence-corrected chi connectivity index (χ0v) is 14.7. The van der Waals surface area contributed by atoms with Crippen molar-refractivity contribution in [2.24, 2.45) is 0 Å². The number of nitrogens with one attached hydrogen (secondary N) is 1. The Balaban J connectivity index is 2.01. The largest absolute Gasteiger partial charge is 0.480 e. The van der Waals surface area contributed by atoms with Crippen molar-refractivity contribution in [3.05, 3.63) is 52.3 Å². The Kier molecular flexibility index (Phi) is 4.25. The van der Waals surface area contributed by atoms with Gasteiger partial charge in [-0.25, -0.2) is 0 Å². The lowest BCUT2D eigenvalue weighted by Crippen LogP contribution is -2.21. The average Bonchev–Trinajstić information content (AvgIpc) is 3.08. The van der Waals surface area contributed by atoms with Crippen molar-refractivity contribution in [1.82, 2.24) is 9.88 Å². The van der Waals surface area contributed by atoms with Crippen LogP contribution in [0.15, 0.2) is 24.3 Å². The Morgan fingerprint density at radius 2 is 2.04 bits per heavy atom. The summed E-state index contributed by atoms with van der Waals surface area (Å²) in [6, 6.07) is 8.52. The standard InChI is InChI=1S/C18H22N2O2S/c1-10-6-5-7-15(12(10)3)20-11(2)8-14(13(20)4)17-19-9-16(23-17)18(21)22/h5-8,16-17,19H,9H2,1-4H3,(H,21,22)/t16-,17+/m0/s1. The lowest BCUT2D eigenvalue weighted by atomic mass is 10.1. The maximum atomic E-state index is 11.2. The van der Waals surface area contributed by atoms with Gasteiger partial charge >= 0.3 is 5.97 Å². The summed E-state index contributed by atoms with van der Waals surface area (Å²) in [5.41, 5.74) is 7.27. The monoisotopic (exact) mass is 330 g/mol. The molecule has 1 fully saturated rings. The van der Waals surface area contributed by atoms with E-state index in [-0.39, 0.29) is 10.6 Å². The second-order valence-electron chi connectivity index (χ2n) is 6.13. The summed E-state index contributed by atoms with van der Waals surface area (Å²) in [6.07, 6.45) is 0. The van der Waals surface area contributed by atoms with Crippen LogP contribution in [-0.4, -0.2) is 27.4 Å². The van der Waals surface area contributed by atoms with Gasteiger partial charge in [-0.2, -0.15) is 0 Å². The number of hydrogen-bond acceptors (Lipinski definition) is 3. The van der Waals surface area contributed by atoms with Crippen LogP contribution < -0.4 is 5.32 Å². The molecule has 0 spiro atoms. The maximum absolute atomic E-state index is 11.2. The molecular formula is C18H22N2O2S. The van der Waals surface area contributed by atoms with Crippen LogP contribution in [0, 0.1) is 27.7 Å². The number of carbonyl (C=O) groups is 1. The third-order valence-electron chi connectivity index (χ3n) is 4.63. The summed E-state index contributed by atoms with van der Waals surface area (Å²) in [5, 5.41) is 12.2. The fraction of sp³-hybridized carbons (Fsp3) is 0.389. The number of rotatable bonds is 3. The van der Waals surface area contributed by atoms with Crippen LogP contribution in [0.5, 0.6) is 0 Å². The first kappa shape index (κ1) is 16.1. The molecule has 5 heteroatoms. The predicted octanol–water partition coefficient (Wildman–Crippen LogP) is 3.50. The quantitative estimate of drug-likeness (QED) is 0.904. The fourth-order valence-electron chi connectivity index (χ4n) is 3.20. The first-order valence-corrected chi connectivity index (χ1v) is 8.71. The zero-order valence-electron chi connectivity index (χ0n) is 13.9. The van der Waals surface area contributed by atoms with E-state index in [1.165, 1.54) is 45.5 Å². The van der Waals surface area contributed by atoms with Gasteiger partial charge in [0.05, 0.1) is 5.37 Å². The molecule has 23 heavy (non-hydrogen) atoms. The lowest BCUT2D eigenvalue weighted by Gasteiger charge is -2.16. The van der Waals surface area contributed by atoms with Crippen molar-refractivity contribution in [3.8, 4) is 5.69 Å². The van der Waals surface area contributed by atoms with E-state index in [9.17, 15) is 9.90 Å². The Morgan fingerprint density at radius 3 is 2.70 bits per heavy atom. The summed E-state index contributed by atoms with van der Waals surface area (Å²) in [5.74, 6) is -0.742. The molecule has 0 saturated carbocycles. The number of aryl methyl sites for hydroxylation is 2. The second-order valence-corrected chi connectivity index (χ2v) is 7.44. The number of thioether (sulfide) groups is 1. The van der Waals surface area contributed by atoms with E-state index in [4.69, 9.17) is 0 Å². The van der Waals surface area contributed by atoms with E-state index >= 15 is 0 Å².